The second kappa shape index (κ2) is 5.77. The highest BCUT2D eigenvalue weighted by Gasteiger charge is 2.32. The molecule has 2 aromatic rings. The van der Waals surface area contributed by atoms with Crippen molar-refractivity contribution in [1.82, 2.24) is 4.98 Å². The minimum atomic E-state index is -0.959. The zero-order chi connectivity index (χ0) is 15.7. The number of hydrogen-bond acceptors (Lipinski definition) is 5. The van der Waals surface area contributed by atoms with Crippen LogP contribution in [0.15, 0.2) is 22.9 Å². The molecular formula is C15H20N2O2S2. The molecule has 0 saturated carbocycles. The van der Waals surface area contributed by atoms with E-state index in [9.17, 15) is 9.90 Å². The van der Waals surface area contributed by atoms with Crippen molar-refractivity contribution in [2.75, 3.05) is 11.9 Å². The summed E-state index contributed by atoms with van der Waals surface area (Å²) in [6, 6.07) is 4.19. The van der Waals surface area contributed by atoms with Crippen LogP contribution in [0.1, 0.15) is 38.3 Å². The zero-order valence-electron chi connectivity index (χ0n) is 12.6. The molecule has 0 bridgehead atoms. The van der Waals surface area contributed by atoms with Crippen LogP contribution >= 0.6 is 22.7 Å². The lowest BCUT2D eigenvalue weighted by molar-refractivity contribution is -0.142. The van der Waals surface area contributed by atoms with Gasteiger partial charge in [-0.3, -0.25) is 4.79 Å². The Morgan fingerprint density at radius 2 is 2.05 bits per heavy atom. The molecule has 6 heteroatoms. The van der Waals surface area contributed by atoms with Crippen LogP contribution in [0.3, 0.4) is 0 Å². The number of carboxylic acids is 1. The van der Waals surface area contributed by atoms with Gasteiger partial charge in [-0.05, 0) is 25.3 Å². The Balaban J connectivity index is 2.05. The van der Waals surface area contributed by atoms with Crippen LogP contribution < -0.4 is 5.32 Å². The molecule has 0 aliphatic rings. The molecule has 2 rings (SSSR count). The van der Waals surface area contributed by atoms with Gasteiger partial charge in [-0.2, -0.15) is 0 Å². The lowest BCUT2D eigenvalue weighted by Gasteiger charge is -2.23. The topological polar surface area (TPSA) is 62.2 Å². The number of rotatable bonds is 6. The number of aromatic nitrogens is 1. The van der Waals surface area contributed by atoms with Crippen LogP contribution in [0, 0.1) is 0 Å². The zero-order valence-corrected chi connectivity index (χ0v) is 14.3. The van der Waals surface area contributed by atoms with Crippen LogP contribution in [-0.4, -0.2) is 22.6 Å². The molecule has 21 heavy (non-hydrogen) atoms. The van der Waals surface area contributed by atoms with Gasteiger partial charge >= 0.3 is 5.97 Å². The summed E-state index contributed by atoms with van der Waals surface area (Å²) >= 11 is 3.19. The summed E-state index contributed by atoms with van der Waals surface area (Å²) < 4.78 is 0. The first kappa shape index (κ1) is 16.0. The second-order valence-corrected chi connectivity index (χ2v) is 7.99. The normalized spacial score (nSPS) is 12.4. The Bertz CT molecular complexity index is 615. The SMILES string of the molecule is CC(C)(CNc1nc(C(C)(C)C(=O)O)cs1)c1cccs1. The third kappa shape index (κ3) is 3.44. The van der Waals surface area contributed by atoms with Gasteiger partial charge in [0, 0.05) is 22.2 Å². The lowest BCUT2D eigenvalue weighted by Crippen LogP contribution is -2.29. The molecule has 0 fully saturated rings. The summed E-state index contributed by atoms with van der Waals surface area (Å²) in [4.78, 5) is 17.0. The molecule has 0 atom stereocenters. The van der Waals surface area contributed by atoms with Crippen LogP contribution in [-0.2, 0) is 15.6 Å². The predicted octanol–water partition coefficient (Wildman–Crippen LogP) is 3.96. The summed E-state index contributed by atoms with van der Waals surface area (Å²) in [5.74, 6) is -0.863. The molecule has 0 spiro atoms. The summed E-state index contributed by atoms with van der Waals surface area (Å²) in [5, 5.41) is 17.2. The van der Waals surface area contributed by atoms with E-state index >= 15 is 0 Å². The number of carboxylic acid groups (broad SMARTS) is 1. The Labute approximate surface area is 132 Å². The molecule has 0 aliphatic carbocycles. The monoisotopic (exact) mass is 324 g/mol. The first-order valence-electron chi connectivity index (χ1n) is 6.71. The van der Waals surface area contributed by atoms with Gasteiger partial charge in [-0.1, -0.05) is 19.9 Å². The molecule has 2 N–H and O–H groups in total. The lowest BCUT2D eigenvalue weighted by atomic mass is 9.90. The fourth-order valence-corrected chi connectivity index (χ4v) is 3.53. The summed E-state index contributed by atoms with van der Waals surface area (Å²) in [5.41, 5.74) is -0.349. The third-order valence-electron chi connectivity index (χ3n) is 3.55. The van der Waals surface area contributed by atoms with Crippen molar-refractivity contribution in [2.45, 2.75) is 38.5 Å². The van der Waals surface area contributed by atoms with Crippen molar-refractivity contribution >= 4 is 33.8 Å². The van der Waals surface area contributed by atoms with Gasteiger partial charge in [0.25, 0.3) is 0 Å². The minimum Gasteiger partial charge on any atom is -0.481 e. The molecule has 114 valence electrons. The molecule has 0 radical (unpaired) electrons. The quantitative estimate of drug-likeness (QED) is 0.844. The Morgan fingerprint density at radius 1 is 1.33 bits per heavy atom. The molecule has 0 saturated heterocycles. The van der Waals surface area contributed by atoms with E-state index in [1.165, 1.54) is 16.2 Å². The molecule has 0 amide bonds. The summed E-state index contributed by atoms with van der Waals surface area (Å²) in [6.07, 6.45) is 0. The maximum absolute atomic E-state index is 11.2. The largest absolute Gasteiger partial charge is 0.481 e. The number of nitrogens with zero attached hydrogens (tertiary/aromatic N) is 1. The maximum atomic E-state index is 11.2. The number of thiophene rings is 1. The molecule has 2 heterocycles. The van der Waals surface area contributed by atoms with Gasteiger partial charge in [0.1, 0.15) is 5.41 Å². The summed E-state index contributed by atoms with van der Waals surface area (Å²) in [6.45, 7) is 8.46. The highest BCUT2D eigenvalue weighted by atomic mass is 32.1. The standard InChI is InChI=1S/C15H20N2O2S2/c1-14(2,11-6-5-7-20-11)9-16-13-17-10(8-21-13)15(3,4)12(18)19/h5-8H,9H2,1-4H3,(H,16,17)(H,18,19). The van der Waals surface area contributed by atoms with Crippen LogP contribution in [0.5, 0.6) is 0 Å². The molecular weight excluding hydrogens is 304 g/mol. The first-order chi connectivity index (χ1) is 9.73. The van der Waals surface area contributed by atoms with E-state index in [1.54, 1.807) is 25.2 Å². The number of thiazole rings is 1. The molecule has 0 aromatic carbocycles. The Hall–Kier alpha value is -1.40. The van der Waals surface area contributed by atoms with Gasteiger partial charge in [0.2, 0.25) is 0 Å². The highest BCUT2D eigenvalue weighted by Crippen LogP contribution is 2.30. The minimum absolute atomic E-state index is 0.0162. The second-order valence-electron chi connectivity index (χ2n) is 6.18. The maximum Gasteiger partial charge on any atom is 0.315 e. The van der Waals surface area contributed by atoms with Crippen molar-refractivity contribution in [1.29, 1.82) is 0 Å². The van der Waals surface area contributed by atoms with Crippen molar-refractivity contribution in [3.05, 3.63) is 33.5 Å². The Morgan fingerprint density at radius 3 is 2.62 bits per heavy atom. The first-order valence-corrected chi connectivity index (χ1v) is 8.47. The van der Waals surface area contributed by atoms with Crippen LogP contribution in [0.25, 0.3) is 0 Å². The van der Waals surface area contributed by atoms with Crippen LogP contribution in [0.4, 0.5) is 5.13 Å². The van der Waals surface area contributed by atoms with Gasteiger partial charge in [0.05, 0.1) is 5.69 Å². The summed E-state index contributed by atoms with van der Waals surface area (Å²) in [7, 11) is 0. The van der Waals surface area contributed by atoms with E-state index in [-0.39, 0.29) is 5.41 Å². The van der Waals surface area contributed by atoms with Crippen LogP contribution in [0.2, 0.25) is 0 Å². The third-order valence-corrected chi connectivity index (χ3v) is 5.58. The average molecular weight is 324 g/mol. The van der Waals surface area contributed by atoms with E-state index in [4.69, 9.17) is 0 Å². The van der Waals surface area contributed by atoms with Crippen molar-refractivity contribution < 1.29 is 9.90 Å². The number of carbonyl (C=O) groups is 1. The smallest absolute Gasteiger partial charge is 0.315 e. The highest BCUT2D eigenvalue weighted by molar-refractivity contribution is 7.13. The van der Waals surface area contributed by atoms with Gasteiger partial charge in [-0.15, -0.1) is 22.7 Å². The van der Waals surface area contributed by atoms with Gasteiger partial charge in [0.15, 0.2) is 5.13 Å². The number of anilines is 1. The van der Waals surface area contributed by atoms with Gasteiger partial charge in [-0.25, -0.2) is 4.98 Å². The van der Waals surface area contributed by atoms with E-state index in [2.05, 4.69) is 41.7 Å². The van der Waals surface area contributed by atoms with E-state index in [1.807, 2.05) is 5.38 Å². The average Bonchev–Trinajstić information content (AvgIpc) is 3.08. The number of aliphatic carboxylic acids is 1. The van der Waals surface area contributed by atoms with E-state index in [0.29, 0.717) is 5.69 Å². The molecule has 0 aliphatic heterocycles. The fraction of sp³-hybridized carbons (Fsp3) is 0.467. The molecule has 4 nitrogen and oxygen atoms in total. The fourth-order valence-electron chi connectivity index (χ4n) is 1.80. The van der Waals surface area contributed by atoms with E-state index in [0.717, 1.165) is 11.7 Å². The van der Waals surface area contributed by atoms with Crippen molar-refractivity contribution in [2.24, 2.45) is 0 Å². The number of nitrogens with one attached hydrogen (secondary N) is 1. The predicted molar refractivity (Wildman–Crippen MR) is 88.6 cm³/mol. The van der Waals surface area contributed by atoms with Crippen molar-refractivity contribution in [3.63, 3.8) is 0 Å². The number of hydrogen-bond donors (Lipinski definition) is 2. The van der Waals surface area contributed by atoms with E-state index < -0.39 is 11.4 Å². The molecule has 0 unspecified atom stereocenters. The Kier molecular flexibility index (Phi) is 4.39. The molecule has 2 aromatic heterocycles. The van der Waals surface area contributed by atoms with Crippen molar-refractivity contribution in [3.8, 4) is 0 Å². The van der Waals surface area contributed by atoms with Gasteiger partial charge < -0.3 is 10.4 Å².